The summed E-state index contributed by atoms with van der Waals surface area (Å²) in [5, 5.41) is 7.58. The highest BCUT2D eigenvalue weighted by Crippen LogP contribution is 2.31. The highest BCUT2D eigenvalue weighted by atomic mass is 32.2. The van der Waals surface area contributed by atoms with Gasteiger partial charge in [-0.3, -0.25) is 0 Å². The third-order valence-electron chi connectivity index (χ3n) is 3.96. The Morgan fingerprint density at radius 1 is 1.33 bits per heavy atom. The summed E-state index contributed by atoms with van der Waals surface area (Å²) < 4.78 is 5.53. The molecule has 3 rings (SSSR count). The van der Waals surface area contributed by atoms with Gasteiger partial charge in [-0.1, -0.05) is 12.1 Å². The second kappa shape index (κ2) is 6.20. The van der Waals surface area contributed by atoms with Gasteiger partial charge in [0.25, 0.3) is 0 Å². The molecule has 0 saturated carbocycles. The van der Waals surface area contributed by atoms with Crippen LogP contribution < -0.4 is 5.32 Å². The summed E-state index contributed by atoms with van der Waals surface area (Å²) in [6, 6.07) is 8.36. The molecule has 1 N–H and O–H groups in total. The fourth-order valence-corrected chi connectivity index (χ4v) is 3.35. The van der Waals surface area contributed by atoms with Gasteiger partial charge >= 0.3 is 0 Å². The number of aromatic nitrogens is 2. The predicted molar refractivity (Wildman–Crippen MR) is 85.6 cm³/mol. The molecule has 2 heterocycles. The summed E-state index contributed by atoms with van der Waals surface area (Å²) in [6.45, 7) is 6.33. The molecule has 1 atom stereocenters. The molecule has 0 amide bonds. The Labute approximate surface area is 129 Å². The van der Waals surface area contributed by atoms with Crippen molar-refractivity contribution in [1.29, 1.82) is 0 Å². The molecule has 0 aliphatic carbocycles. The van der Waals surface area contributed by atoms with Crippen LogP contribution in [0, 0.1) is 0 Å². The van der Waals surface area contributed by atoms with Gasteiger partial charge in [0, 0.05) is 17.0 Å². The number of hydrogen-bond donors (Lipinski definition) is 1. The van der Waals surface area contributed by atoms with E-state index >= 15 is 0 Å². The van der Waals surface area contributed by atoms with Gasteiger partial charge in [-0.05, 0) is 56.3 Å². The first-order valence-corrected chi connectivity index (χ1v) is 8.48. The molecule has 1 aliphatic heterocycles. The molecule has 0 radical (unpaired) electrons. The molecule has 1 fully saturated rings. The van der Waals surface area contributed by atoms with Crippen molar-refractivity contribution in [2.24, 2.45) is 0 Å². The number of nitrogens with one attached hydrogen (secondary N) is 1. The zero-order valence-corrected chi connectivity index (χ0v) is 13.4. The molecule has 4 nitrogen and oxygen atoms in total. The Morgan fingerprint density at radius 3 is 2.81 bits per heavy atom. The molecular formula is C16H21N3OS. The molecule has 1 unspecified atom stereocenters. The average molecular weight is 303 g/mol. The van der Waals surface area contributed by atoms with Crippen molar-refractivity contribution in [2.75, 3.05) is 18.8 Å². The molecule has 1 saturated heterocycles. The van der Waals surface area contributed by atoms with E-state index in [-0.39, 0.29) is 5.41 Å². The van der Waals surface area contributed by atoms with Gasteiger partial charge in [-0.25, -0.2) is 0 Å². The van der Waals surface area contributed by atoms with E-state index in [9.17, 15) is 0 Å². The zero-order chi connectivity index (χ0) is 14.7. The molecule has 1 aromatic heterocycles. The van der Waals surface area contributed by atoms with E-state index in [1.165, 1.54) is 4.90 Å². The topological polar surface area (TPSA) is 51.0 Å². The zero-order valence-electron chi connectivity index (χ0n) is 12.6. The first-order valence-electron chi connectivity index (χ1n) is 7.49. The van der Waals surface area contributed by atoms with E-state index in [1.54, 1.807) is 0 Å². The van der Waals surface area contributed by atoms with Crippen molar-refractivity contribution in [3.63, 3.8) is 0 Å². The Kier molecular flexibility index (Phi) is 4.31. The van der Waals surface area contributed by atoms with Crippen LogP contribution >= 0.6 is 11.8 Å². The van der Waals surface area contributed by atoms with E-state index < -0.39 is 0 Å². The van der Waals surface area contributed by atoms with Crippen LogP contribution in [0.25, 0.3) is 11.4 Å². The Morgan fingerprint density at radius 2 is 2.14 bits per heavy atom. The van der Waals surface area contributed by atoms with Gasteiger partial charge in [0.2, 0.25) is 11.7 Å². The number of nitrogens with zero attached hydrogens (tertiary/aromatic N) is 2. The maximum absolute atomic E-state index is 5.53. The standard InChI is InChI=1S/C16H21N3OS/c1-3-21-13-7-5-12(6-8-13)14-18-15(20-19-14)16(2)9-4-10-17-11-16/h5-8,17H,3-4,9-11H2,1-2H3. The van der Waals surface area contributed by atoms with Crippen molar-refractivity contribution < 1.29 is 4.52 Å². The average Bonchev–Trinajstić information content (AvgIpc) is 3.00. The van der Waals surface area contributed by atoms with Gasteiger partial charge in [0.1, 0.15) is 0 Å². The number of hydrogen-bond acceptors (Lipinski definition) is 5. The summed E-state index contributed by atoms with van der Waals surface area (Å²) in [4.78, 5) is 5.90. The molecule has 21 heavy (non-hydrogen) atoms. The third-order valence-corrected chi connectivity index (χ3v) is 4.86. The van der Waals surface area contributed by atoms with Crippen LogP contribution in [-0.4, -0.2) is 29.0 Å². The summed E-state index contributed by atoms with van der Waals surface area (Å²) in [6.07, 6.45) is 2.24. The smallest absolute Gasteiger partial charge is 0.234 e. The number of benzene rings is 1. The lowest BCUT2D eigenvalue weighted by Gasteiger charge is -2.30. The quantitative estimate of drug-likeness (QED) is 0.876. The Hall–Kier alpha value is -1.33. The molecule has 112 valence electrons. The Balaban J connectivity index is 1.80. The molecule has 2 aromatic rings. The first kappa shape index (κ1) is 14.6. The molecule has 1 aromatic carbocycles. The number of piperidine rings is 1. The minimum atomic E-state index is -0.0402. The maximum Gasteiger partial charge on any atom is 0.234 e. The van der Waals surface area contributed by atoms with Crippen LogP contribution in [0.2, 0.25) is 0 Å². The highest BCUT2D eigenvalue weighted by molar-refractivity contribution is 7.99. The van der Waals surface area contributed by atoms with Crippen molar-refractivity contribution in [2.45, 2.75) is 37.0 Å². The first-order chi connectivity index (χ1) is 10.2. The van der Waals surface area contributed by atoms with Crippen LogP contribution in [0.1, 0.15) is 32.6 Å². The minimum Gasteiger partial charge on any atom is -0.338 e. The van der Waals surface area contributed by atoms with Crippen LogP contribution in [0.3, 0.4) is 0 Å². The monoisotopic (exact) mass is 303 g/mol. The normalized spacial score (nSPS) is 22.4. The highest BCUT2D eigenvalue weighted by Gasteiger charge is 2.34. The van der Waals surface area contributed by atoms with Gasteiger partial charge in [0.15, 0.2) is 0 Å². The third kappa shape index (κ3) is 3.14. The fourth-order valence-electron chi connectivity index (χ4n) is 2.69. The van der Waals surface area contributed by atoms with Gasteiger partial charge in [0.05, 0.1) is 5.41 Å². The predicted octanol–water partition coefficient (Wildman–Crippen LogP) is 3.49. The lowest BCUT2D eigenvalue weighted by atomic mass is 9.83. The summed E-state index contributed by atoms with van der Waals surface area (Å²) >= 11 is 1.83. The second-order valence-corrected chi connectivity index (χ2v) is 7.06. The fraction of sp³-hybridized carbons (Fsp3) is 0.500. The minimum absolute atomic E-state index is 0.0402. The molecule has 1 aliphatic rings. The SMILES string of the molecule is CCSc1ccc(-c2noc(C3(C)CCCNC3)n2)cc1. The van der Waals surface area contributed by atoms with E-state index in [0.29, 0.717) is 5.82 Å². The molecular weight excluding hydrogens is 282 g/mol. The van der Waals surface area contributed by atoms with E-state index in [2.05, 4.69) is 53.6 Å². The van der Waals surface area contributed by atoms with Crippen LogP contribution in [-0.2, 0) is 5.41 Å². The maximum atomic E-state index is 5.53. The Bertz CT molecular complexity index is 588. The van der Waals surface area contributed by atoms with Crippen LogP contribution in [0.5, 0.6) is 0 Å². The van der Waals surface area contributed by atoms with Crippen molar-refractivity contribution in [3.05, 3.63) is 30.2 Å². The summed E-state index contributed by atoms with van der Waals surface area (Å²) in [7, 11) is 0. The van der Waals surface area contributed by atoms with Gasteiger partial charge in [-0.15, -0.1) is 11.8 Å². The number of thioether (sulfide) groups is 1. The lowest BCUT2D eigenvalue weighted by Crippen LogP contribution is -2.41. The van der Waals surface area contributed by atoms with E-state index in [4.69, 9.17) is 4.52 Å². The van der Waals surface area contributed by atoms with Crippen molar-refractivity contribution >= 4 is 11.8 Å². The largest absolute Gasteiger partial charge is 0.338 e. The van der Waals surface area contributed by atoms with Crippen LogP contribution in [0.4, 0.5) is 0 Å². The molecule has 5 heteroatoms. The van der Waals surface area contributed by atoms with Crippen LogP contribution in [0.15, 0.2) is 33.7 Å². The summed E-state index contributed by atoms with van der Waals surface area (Å²) in [5.74, 6) is 2.51. The summed E-state index contributed by atoms with van der Waals surface area (Å²) in [5.41, 5.74) is 0.972. The van der Waals surface area contributed by atoms with Crippen molar-refractivity contribution in [3.8, 4) is 11.4 Å². The van der Waals surface area contributed by atoms with E-state index in [1.807, 2.05) is 11.8 Å². The molecule has 0 spiro atoms. The molecule has 0 bridgehead atoms. The van der Waals surface area contributed by atoms with Gasteiger partial charge < -0.3 is 9.84 Å². The van der Waals surface area contributed by atoms with Gasteiger partial charge in [-0.2, -0.15) is 4.98 Å². The van der Waals surface area contributed by atoms with E-state index in [0.717, 1.165) is 43.1 Å². The number of rotatable bonds is 4. The van der Waals surface area contributed by atoms with Crippen molar-refractivity contribution in [1.82, 2.24) is 15.5 Å². The lowest BCUT2D eigenvalue weighted by molar-refractivity contribution is 0.245. The second-order valence-electron chi connectivity index (χ2n) is 5.72.